The second-order valence-corrected chi connectivity index (χ2v) is 6.23. The fourth-order valence-corrected chi connectivity index (χ4v) is 3.00. The lowest BCUT2D eigenvalue weighted by atomic mass is 10.1. The van der Waals surface area contributed by atoms with Gasteiger partial charge >= 0.3 is 6.03 Å². The van der Waals surface area contributed by atoms with Crippen LogP contribution in [0.2, 0.25) is 5.02 Å². The summed E-state index contributed by atoms with van der Waals surface area (Å²) < 4.78 is 13.1. The molecular weight excluding hydrogens is 345 g/mol. The minimum atomic E-state index is -0.537. The van der Waals surface area contributed by atoms with Gasteiger partial charge in [0.25, 0.3) is 0 Å². The first kappa shape index (κ1) is 17.2. The topological polar surface area (TPSA) is 61.4 Å². The number of nitrogens with zero attached hydrogens (tertiary/aromatic N) is 1. The highest BCUT2D eigenvalue weighted by Gasteiger charge is 2.22. The van der Waals surface area contributed by atoms with Gasteiger partial charge in [0.15, 0.2) is 0 Å². The third-order valence-electron chi connectivity index (χ3n) is 4.05. The number of fused-ring (bicyclic) bond motifs is 1. The van der Waals surface area contributed by atoms with Crippen LogP contribution in [0.1, 0.15) is 18.1 Å². The van der Waals surface area contributed by atoms with Crippen molar-refractivity contribution in [3.63, 3.8) is 0 Å². The largest absolute Gasteiger partial charge is 0.334 e. The number of urea groups is 1. The second-order valence-electron chi connectivity index (χ2n) is 5.82. The van der Waals surface area contributed by atoms with Gasteiger partial charge in [-0.2, -0.15) is 0 Å². The number of nitrogens with one attached hydrogen (secondary N) is 2. The molecule has 1 aliphatic rings. The Hall–Kier alpha value is -2.60. The fourth-order valence-electron chi connectivity index (χ4n) is 2.82. The molecule has 0 saturated heterocycles. The number of amides is 3. The van der Waals surface area contributed by atoms with Gasteiger partial charge in [0.05, 0.1) is 5.02 Å². The summed E-state index contributed by atoms with van der Waals surface area (Å²) in [7, 11) is 0. The van der Waals surface area contributed by atoms with Crippen molar-refractivity contribution < 1.29 is 14.0 Å². The summed E-state index contributed by atoms with van der Waals surface area (Å²) in [5, 5.41) is 5.29. The Morgan fingerprint density at radius 3 is 2.76 bits per heavy atom. The molecule has 0 aliphatic carbocycles. The standard InChI is InChI=1S/C18H17ClFN3O2/c1-11(24)23-7-6-13-8-12(2-5-17(13)23)10-21-18(25)22-14-3-4-16(20)15(19)9-14/h2-5,8-9H,6-7,10H2,1H3,(H2,21,22,25). The van der Waals surface area contributed by atoms with Crippen molar-refractivity contribution in [2.75, 3.05) is 16.8 Å². The Bertz CT molecular complexity index is 841. The molecule has 0 bridgehead atoms. The average molecular weight is 362 g/mol. The predicted octanol–water partition coefficient (Wildman–Crippen LogP) is 3.71. The zero-order valence-corrected chi connectivity index (χ0v) is 14.4. The fraction of sp³-hybridized carbons (Fsp3) is 0.222. The zero-order valence-electron chi connectivity index (χ0n) is 13.6. The van der Waals surface area contributed by atoms with Crippen molar-refractivity contribution in [3.05, 3.63) is 58.4 Å². The van der Waals surface area contributed by atoms with Crippen molar-refractivity contribution in [1.82, 2.24) is 5.32 Å². The lowest BCUT2D eigenvalue weighted by molar-refractivity contribution is -0.116. The molecule has 0 spiro atoms. The van der Waals surface area contributed by atoms with E-state index in [2.05, 4.69) is 10.6 Å². The van der Waals surface area contributed by atoms with Crippen LogP contribution in [0.5, 0.6) is 0 Å². The molecule has 0 unspecified atom stereocenters. The number of halogens is 2. The van der Waals surface area contributed by atoms with Gasteiger partial charge in [0.2, 0.25) is 5.91 Å². The zero-order chi connectivity index (χ0) is 18.0. The maximum Gasteiger partial charge on any atom is 0.319 e. The van der Waals surface area contributed by atoms with Gasteiger partial charge < -0.3 is 15.5 Å². The van der Waals surface area contributed by atoms with Crippen LogP contribution >= 0.6 is 11.6 Å². The minimum Gasteiger partial charge on any atom is -0.334 e. The van der Waals surface area contributed by atoms with E-state index in [0.29, 0.717) is 18.8 Å². The molecule has 7 heteroatoms. The lowest BCUT2D eigenvalue weighted by Gasteiger charge is -2.15. The highest BCUT2D eigenvalue weighted by atomic mass is 35.5. The summed E-state index contributed by atoms with van der Waals surface area (Å²) in [6, 6.07) is 9.35. The highest BCUT2D eigenvalue weighted by molar-refractivity contribution is 6.31. The van der Waals surface area contributed by atoms with E-state index < -0.39 is 11.8 Å². The summed E-state index contributed by atoms with van der Waals surface area (Å²) in [4.78, 5) is 25.2. The molecule has 0 aromatic heterocycles. The molecule has 2 aromatic rings. The Morgan fingerprint density at radius 2 is 2.04 bits per heavy atom. The van der Waals surface area contributed by atoms with Crippen LogP contribution < -0.4 is 15.5 Å². The van der Waals surface area contributed by atoms with E-state index in [-0.39, 0.29) is 10.9 Å². The third-order valence-corrected chi connectivity index (χ3v) is 4.34. The summed E-state index contributed by atoms with van der Waals surface area (Å²) in [6.45, 7) is 2.58. The number of anilines is 2. The van der Waals surface area contributed by atoms with Crippen molar-refractivity contribution >= 4 is 34.9 Å². The van der Waals surface area contributed by atoms with Crippen molar-refractivity contribution in [2.24, 2.45) is 0 Å². The molecule has 5 nitrogen and oxygen atoms in total. The maximum absolute atomic E-state index is 13.1. The number of benzene rings is 2. The molecule has 0 radical (unpaired) electrons. The summed E-state index contributed by atoms with van der Waals surface area (Å²) in [5.74, 6) is -0.507. The molecule has 2 aromatic carbocycles. The first-order valence-electron chi connectivity index (χ1n) is 7.84. The molecule has 0 fully saturated rings. The SMILES string of the molecule is CC(=O)N1CCc2cc(CNC(=O)Nc3ccc(F)c(Cl)c3)ccc21. The molecule has 130 valence electrons. The van der Waals surface area contributed by atoms with Gasteiger partial charge in [-0.3, -0.25) is 4.79 Å². The average Bonchev–Trinajstić information content (AvgIpc) is 3.00. The molecule has 0 atom stereocenters. The van der Waals surface area contributed by atoms with Gasteiger partial charge in [-0.05, 0) is 41.8 Å². The Balaban J connectivity index is 1.59. The maximum atomic E-state index is 13.1. The molecule has 1 aliphatic heterocycles. The van der Waals surface area contributed by atoms with Crippen LogP contribution in [-0.2, 0) is 17.8 Å². The van der Waals surface area contributed by atoms with Gasteiger partial charge in [-0.1, -0.05) is 23.7 Å². The molecule has 0 saturated carbocycles. The molecular formula is C18H17ClFN3O2. The predicted molar refractivity (Wildman–Crippen MR) is 95.4 cm³/mol. The number of carbonyl (C=O) groups excluding carboxylic acids is 2. The first-order chi connectivity index (χ1) is 11.9. The number of rotatable bonds is 3. The number of hydrogen-bond acceptors (Lipinski definition) is 2. The summed E-state index contributed by atoms with van der Waals surface area (Å²) in [5.41, 5.74) is 3.38. The molecule has 2 N–H and O–H groups in total. The highest BCUT2D eigenvalue weighted by Crippen LogP contribution is 2.28. The van der Waals surface area contributed by atoms with Crippen LogP contribution in [0, 0.1) is 5.82 Å². The van der Waals surface area contributed by atoms with Crippen LogP contribution in [0.25, 0.3) is 0 Å². The molecule has 25 heavy (non-hydrogen) atoms. The van der Waals surface area contributed by atoms with Gasteiger partial charge in [0.1, 0.15) is 5.82 Å². The Kier molecular flexibility index (Phi) is 4.90. The van der Waals surface area contributed by atoms with E-state index in [1.807, 2.05) is 18.2 Å². The number of carbonyl (C=O) groups is 2. The smallest absolute Gasteiger partial charge is 0.319 e. The van der Waals surface area contributed by atoms with E-state index in [0.717, 1.165) is 23.2 Å². The normalized spacial score (nSPS) is 12.7. The summed E-state index contributed by atoms with van der Waals surface area (Å²) >= 11 is 5.68. The quantitative estimate of drug-likeness (QED) is 0.875. The molecule has 3 rings (SSSR count). The lowest BCUT2D eigenvalue weighted by Crippen LogP contribution is -2.28. The van der Waals surface area contributed by atoms with E-state index in [1.54, 1.807) is 11.8 Å². The van der Waals surface area contributed by atoms with Crippen molar-refractivity contribution in [3.8, 4) is 0 Å². The Morgan fingerprint density at radius 1 is 1.24 bits per heavy atom. The van der Waals surface area contributed by atoms with Gasteiger partial charge in [-0.25, -0.2) is 9.18 Å². The van der Waals surface area contributed by atoms with E-state index >= 15 is 0 Å². The van der Waals surface area contributed by atoms with Crippen LogP contribution in [0.3, 0.4) is 0 Å². The van der Waals surface area contributed by atoms with Gasteiger partial charge in [0, 0.05) is 31.4 Å². The second kappa shape index (κ2) is 7.11. The third kappa shape index (κ3) is 3.91. The van der Waals surface area contributed by atoms with Crippen LogP contribution in [0.4, 0.5) is 20.6 Å². The van der Waals surface area contributed by atoms with Crippen LogP contribution in [0.15, 0.2) is 36.4 Å². The molecule has 1 heterocycles. The van der Waals surface area contributed by atoms with Crippen molar-refractivity contribution in [2.45, 2.75) is 19.9 Å². The molecule has 3 amide bonds. The minimum absolute atomic E-state index is 0.0296. The first-order valence-corrected chi connectivity index (χ1v) is 8.21. The number of hydrogen-bond donors (Lipinski definition) is 2. The van der Waals surface area contributed by atoms with E-state index in [4.69, 9.17) is 11.6 Å². The van der Waals surface area contributed by atoms with Crippen LogP contribution in [-0.4, -0.2) is 18.5 Å². The monoisotopic (exact) mass is 361 g/mol. The van der Waals surface area contributed by atoms with Crippen molar-refractivity contribution in [1.29, 1.82) is 0 Å². The Labute approximate surface area is 149 Å². The van der Waals surface area contributed by atoms with E-state index in [9.17, 15) is 14.0 Å². The summed E-state index contributed by atoms with van der Waals surface area (Å²) in [6.07, 6.45) is 0.809. The van der Waals surface area contributed by atoms with E-state index in [1.165, 1.54) is 18.2 Å². The van der Waals surface area contributed by atoms with Gasteiger partial charge in [-0.15, -0.1) is 0 Å².